The molecular formula is C24H30FN3. The molecule has 0 amide bonds. The lowest BCUT2D eigenvalue weighted by atomic mass is 9.90. The maximum absolute atomic E-state index is 14.2. The van der Waals surface area contributed by atoms with Gasteiger partial charge in [0, 0.05) is 23.2 Å². The molecule has 0 spiro atoms. The Kier molecular flexibility index (Phi) is 5.42. The van der Waals surface area contributed by atoms with Crippen LogP contribution in [0.15, 0.2) is 36.7 Å². The van der Waals surface area contributed by atoms with Crippen molar-refractivity contribution in [3.8, 4) is 0 Å². The molecule has 4 heteroatoms. The van der Waals surface area contributed by atoms with Crippen LogP contribution in [0.5, 0.6) is 0 Å². The number of fused-ring (bicyclic) bond motifs is 5. The first kappa shape index (κ1) is 20.2. The van der Waals surface area contributed by atoms with Gasteiger partial charge in [-0.1, -0.05) is 48.5 Å². The zero-order chi connectivity index (χ0) is 20.6. The van der Waals surface area contributed by atoms with Gasteiger partial charge in [0.1, 0.15) is 11.5 Å². The van der Waals surface area contributed by atoms with Gasteiger partial charge >= 0.3 is 0 Å². The lowest BCUT2D eigenvalue weighted by molar-refractivity contribution is 0.573. The second-order valence-electron chi connectivity index (χ2n) is 8.17. The molecule has 0 aliphatic heterocycles. The molecule has 0 fully saturated rings. The van der Waals surface area contributed by atoms with Crippen molar-refractivity contribution in [1.29, 1.82) is 0 Å². The topological polar surface area (TPSA) is 30.2 Å². The lowest BCUT2D eigenvalue weighted by Gasteiger charge is -2.19. The summed E-state index contributed by atoms with van der Waals surface area (Å²) in [7, 11) is 0. The third kappa shape index (κ3) is 3.25. The first-order valence-electron chi connectivity index (χ1n) is 10.2. The minimum Gasteiger partial charge on any atom is -0.297 e. The Bertz CT molecular complexity index is 1140. The number of halogens is 1. The van der Waals surface area contributed by atoms with Crippen LogP contribution in [0.2, 0.25) is 0 Å². The summed E-state index contributed by atoms with van der Waals surface area (Å²) in [6, 6.07) is 7.20. The van der Waals surface area contributed by atoms with E-state index in [2.05, 4.69) is 44.0 Å². The Labute approximate surface area is 166 Å². The fourth-order valence-corrected chi connectivity index (χ4v) is 3.72. The summed E-state index contributed by atoms with van der Waals surface area (Å²) in [5.74, 6) is 0.0738. The zero-order valence-corrected chi connectivity index (χ0v) is 18.0. The summed E-state index contributed by atoms with van der Waals surface area (Å²) in [5.41, 5.74) is 4.80. The average molecular weight is 380 g/mol. The summed E-state index contributed by atoms with van der Waals surface area (Å²) in [4.78, 5) is 9.57. The van der Waals surface area contributed by atoms with E-state index in [1.165, 1.54) is 0 Å². The molecule has 1 unspecified atom stereocenters. The number of hydrogen-bond donors (Lipinski definition) is 0. The van der Waals surface area contributed by atoms with E-state index in [0.29, 0.717) is 0 Å². The highest BCUT2D eigenvalue weighted by atomic mass is 19.1. The summed E-state index contributed by atoms with van der Waals surface area (Å²) in [6.45, 7) is 14.8. The summed E-state index contributed by atoms with van der Waals surface area (Å²) >= 11 is 0. The van der Waals surface area contributed by atoms with Crippen LogP contribution in [0.25, 0.3) is 27.5 Å². The van der Waals surface area contributed by atoms with Gasteiger partial charge in [-0.25, -0.2) is 9.37 Å². The Morgan fingerprint density at radius 1 is 1.14 bits per heavy atom. The van der Waals surface area contributed by atoms with Gasteiger partial charge in [0.25, 0.3) is 0 Å². The van der Waals surface area contributed by atoms with E-state index in [0.717, 1.165) is 45.1 Å². The lowest BCUT2D eigenvalue weighted by Crippen LogP contribution is -2.14. The molecule has 148 valence electrons. The molecule has 0 radical (unpaired) electrons. The summed E-state index contributed by atoms with van der Waals surface area (Å²) in [5, 5.41) is 1.94. The Morgan fingerprint density at radius 2 is 1.86 bits per heavy atom. The maximum Gasteiger partial charge on any atom is 0.146 e. The van der Waals surface area contributed by atoms with E-state index in [4.69, 9.17) is 4.98 Å². The van der Waals surface area contributed by atoms with Gasteiger partial charge in [0.15, 0.2) is 0 Å². The summed E-state index contributed by atoms with van der Waals surface area (Å²) in [6.07, 6.45) is 4.77. The molecule has 1 aromatic carbocycles. The molecule has 28 heavy (non-hydrogen) atoms. The molecule has 4 rings (SSSR count). The highest BCUT2D eigenvalue weighted by molar-refractivity contribution is 6.01. The highest BCUT2D eigenvalue weighted by Gasteiger charge is 2.23. The maximum atomic E-state index is 14.2. The minimum absolute atomic E-state index is 0.0905. The van der Waals surface area contributed by atoms with Crippen LogP contribution in [0, 0.1) is 5.82 Å². The number of benzene rings is 1. The van der Waals surface area contributed by atoms with Crippen molar-refractivity contribution in [3.63, 3.8) is 0 Å². The second-order valence-corrected chi connectivity index (χ2v) is 8.17. The number of hydrogen-bond acceptors (Lipinski definition) is 2. The largest absolute Gasteiger partial charge is 0.297 e. The Hall–Kier alpha value is -2.49. The zero-order valence-electron chi connectivity index (χ0n) is 18.0. The van der Waals surface area contributed by atoms with E-state index in [-0.39, 0.29) is 17.2 Å². The second kappa shape index (κ2) is 7.50. The minimum atomic E-state index is -0.190. The van der Waals surface area contributed by atoms with Gasteiger partial charge in [-0.3, -0.25) is 9.38 Å². The number of nitrogens with zero attached hydrogens (tertiary/aromatic N) is 3. The fourth-order valence-electron chi connectivity index (χ4n) is 3.72. The smallest absolute Gasteiger partial charge is 0.146 e. The number of imidazole rings is 1. The van der Waals surface area contributed by atoms with Crippen LogP contribution in [0.3, 0.4) is 0 Å². The molecule has 3 nitrogen and oxygen atoms in total. The van der Waals surface area contributed by atoms with E-state index in [9.17, 15) is 4.39 Å². The predicted molar refractivity (Wildman–Crippen MR) is 117 cm³/mol. The molecule has 1 atom stereocenters. The molecule has 0 aliphatic carbocycles. The first-order valence-corrected chi connectivity index (χ1v) is 10.2. The number of pyridine rings is 2. The van der Waals surface area contributed by atoms with Gasteiger partial charge in [0.05, 0.1) is 16.7 Å². The van der Waals surface area contributed by atoms with Crippen molar-refractivity contribution in [3.05, 3.63) is 53.7 Å². The van der Waals surface area contributed by atoms with Crippen molar-refractivity contribution in [2.24, 2.45) is 0 Å². The Balaban J connectivity index is 0.00000109. The fraction of sp³-hybridized carbons (Fsp3) is 0.417. The predicted octanol–water partition coefficient (Wildman–Crippen LogP) is 7.01. The molecule has 0 N–H and O–H groups in total. The van der Waals surface area contributed by atoms with Crippen molar-refractivity contribution >= 4 is 27.5 Å². The van der Waals surface area contributed by atoms with Crippen LogP contribution in [-0.4, -0.2) is 14.4 Å². The standard InChI is InChI=1S/C22H24FN3.C2H6/c1-6-13(2)16-12-15(23)11-14-8-10-26-19-17(25-21(26)18(14)16)7-9-24-20(19)22(3,4)5;1-2/h7-13H,6H2,1-5H3;1-2H3. The monoisotopic (exact) mass is 379 g/mol. The van der Waals surface area contributed by atoms with Crippen LogP contribution < -0.4 is 0 Å². The van der Waals surface area contributed by atoms with Crippen molar-refractivity contribution in [2.75, 3.05) is 0 Å². The van der Waals surface area contributed by atoms with Crippen LogP contribution in [-0.2, 0) is 5.41 Å². The summed E-state index contributed by atoms with van der Waals surface area (Å²) < 4.78 is 16.3. The van der Waals surface area contributed by atoms with Crippen LogP contribution in [0.1, 0.15) is 72.1 Å². The van der Waals surface area contributed by atoms with Gasteiger partial charge in [-0.2, -0.15) is 0 Å². The third-order valence-electron chi connectivity index (χ3n) is 5.24. The Morgan fingerprint density at radius 3 is 2.50 bits per heavy atom. The normalized spacial score (nSPS) is 13.0. The van der Waals surface area contributed by atoms with Crippen molar-refractivity contribution in [2.45, 2.75) is 66.2 Å². The van der Waals surface area contributed by atoms with Gasteiger partial charge in [0.2, 0.25) is 0 Å². The number of rotatable bonds is 2. The highest BCUT2D eigenvalue weighted by Crippen LogP contribution is 2.35. The molecule has 0 saturated carbocycles. The van der Waals surface area contributed by atoms with Crippen LogP contribution >= 0.6 is 0 Å². The first-order chi connectivity index (χ1) is 13.3. The van der Waals surface area contributed by atoms with E-state index in [1.54, 1.807) is 12.1 Å². The van der Waals surface area contributed by atoms with E-state index < -0.39 is 0 Å². The number of aromatic nitrogens is 3. The molecule has 3 aromatic heterocycles. The SMILES string of the molecule is CC.CCC(C)c1cc(F)cc2ccn3c(nc4ccnc(C(C)(C)C)c43)c12. The van der Waals surface area contributed by atoms with E-state index in [1.807, 2.05) is 38.4 Å². The van der Waals surface area contributed by atoms with Crippen LogP contribution in [0.4, 0.5) is 4.39 Å². The van der Waals surface area contributed by atoms with Gasteiger partial charge in [-0.05, 0) is 47.6 Å². The van der Waals surface area contributed by atoms with Gasteiger partial charge in [-0.15, -0.1) is 0 Å². The van der Waals surface area contributed by atoms with Gasteiger partial charge < -0.3 is 0 Å². The van der Waals surface area contributed by atoms with Crippen molar-refractivity contribution in [1.82, 2.24) is 14.4 Å². The molecule has 0 bridgehead atoms. The van der Waals surface area contributed by atoms with E-state index >= 15 is 0 Å². The van der Waals surface area contributed by atoms with Crippen molar-refractivity contribution < 1.29 is 4.39 Å². The molecule has 0 saturated heterocycles. The average Bonchev–Trinajstić information content (AvgIpc) is 3.05. The molecule has 4 aromatic rings. The molecular weight excluding hydrogens is 349 g/mol. The third-order valence-corrected chi connectivity index (χ3v) is 5.24. The molecule has 3 heterocycles. The quantitative estimate of drug-likeness (QED) is 0.375. The molecule has 0 aliphatic rings.